The Bertz CT molecular complexity index is 1230. The molecule has 5 rings (SSSR count). The van der Waals surface area contributed by atoms with Gasteiger partial charge >= 0.3 is 0 Å². The Morgan fingerprint density at radius 3 is 2.42 bits per heavy atom. The summed E-state index contributed by atoms with van der Waals surface area (Å²) in [7, 11) is 0. The fourth-order valence-electron chi connectivity index (χ4n) is 5.68. The molecule has 1 saturated heterocycles. The number of pyridine rings is 1. The molecule has 2 aliphatic rings. The minimum absolute atomic E-state index is 0.000245. The lowest BCUT2D eigenvalue weighted by Crippen LogP contribution is -2.43. The van der Waals surface area contributed by atoms with Gasteiger partial charge in [-0.25, -0.2) is 0 Å². The minimum atomic E-state index is -0.505. The van der Waals surface area contributed by atoms with Crippen molar-refractivity contribution in [3.05, 3.63) is 114 Å². The van der Waals surface area contributed by atoms with E-state index in [4.69, 9.17) is 9.47 Å². The Balaban J connectivity index is 1.29. The first kappa shape index (κ1) is 28.2. The monoisotopic (exact) mass is 541 g/mol. The number of aliphatic hydroxyl groups is 1. The predicted octanol–water partition coefficient (Wildman–Crippen LogP) is 5.48. The lowest BCUT2D eigenvalue weighted by atomic mass is 9.99. The number of ether oxygens (including phenoxy) is 2. The molecule has 0 radical (unpaired) electrons. The van der Waals surface area contributed by atoms with Crippen molar-refractivity contribution in [2.45, 2.75) is 69.8 Å². The highest BCUT2D eigenvalue weighted by molar-refractivity contribution is 5.93. The molecule has 0 bridgehead atoms. The maximum absolute atomic E-state index is 12.4. The first-order valence-corrected chi connectivity index (χ1v) is 14.3. The highest BCUT2D eigenvalue weighted by Gasteiger charge is 2.34. The first-order chi connectivity index (χ1) is 19.6. The maximum Gasteiger partial charge on any atom is 0.253 e. The average molecular weight is 542 g/mol. The van der Waals surface area contributed by atoms with Crippen LogP contribution in [0.1, 0.15) is 77.1 Å². The molecule has 40 heavy (non-hydrogen) atoms. The van der Waals surface area contributed by atoms with Crippen LogP contribution in [0, 0.1) is 0 Å². The number of carbonyl (C=O) groups is 1. The van der Waals surface area contributed by atoms with E-state index in [1.165, 1.54) is 25.7 Å². The van der Waals surface area contributed by atoms with Gasteiger partial charge in [-0.2, -0.15) is 0 Å². The lowest BCUT2D eigenvalue weighted by molar-refractivity contribution is -0.253. The quantitative estimate of drug-likeness (QED) is 0.313. The van der Waals surface area contributed by atoms with Gasteiger partial charge in [0.2, 0.25) is 0 Å². The van der Waals surface area contributed by atoms with Crippen LogP contribution in [0.5, 0.6) is 0 Å². The maximum atomic E-state index is 12.4. The molecule has 2 N–H and O–H groups in total. The van der Waals surface area contributed by atoms with Crippen LogP contribution in [-0.4, -0.2) is 46.1 Å². The van der Waals surface area contributed by atoms with Crippen LogP contribution in [-0.2, 0) is 22.6 Å². The summed E-state index contributed by atoms with van der Waals surface area (Å²) in [5.74, 6) is -0.152. The van der Waals surface area contributed by atoms with Gasteiger partial charge in [-0.3, -0.25) is 14.7 Å². The summed E-state index contributed by atoms with van der Waals surface area (Å²) in [4.78, 5) is 18.9. The second-order valence-electron chi connectivity index (χ2n) is 10.7. The van der Waals surface area contributed by atoms with Crippen LogP contribution in [0.3, 0.4) is 0 Å². The largest absolute Gasteiger partial charge is 0.392 e. The van der Waals surface area contributed by atoms with Crippen LogP contribution < -0.4 is 5.32 Å². The Labute approximate surface area is 236 Å². The van der Waals surface area contributed by atoms with E-state index in [1.54, 1.807) is 24.5 Å². The standard InChI is InChI=1S/C33H39N3O4/c1-2-18-36(29-7-3-4-8-29)22-30-19-31(26-13-11-25(23-37)12-14-26)40-33(39-30)27-15-9-24(10-16-27)20-35-32(38)28-6-5-17-34-21-28/h2,5-6,9-17,21,29-31,33,37H,1,3-4,7-8,18-20,22-23H2,(H,35,38)/t30-,31+,33+/m1/s1. The number of aliphatic hydroxyl groups excluding tert-OH is 1. The molecule has 0 spiro atoms. The third-order valence-electron chi connectivity index (χ3n) is 7.89. The normalized spacial score (nSPS) is 21.4. The second kappa shape index (κ2) is 13.8. The fourth-order valence-corrected chi connectivity index (χ4v) is 5.68. The summed E-state index contributed by atoms with van der Waals surface area (Å²) >= 11 is 0. The van der Waals surface area contributed by atoms with Crippen molar-refractivity contribution in [1.29, 1.82) is 0 Å². The number of rotatable bonds is 11. The predicted molar refractivity (Wildman–Crippen MR) is 154 cm³/mol. The van der Waals surface area contributed by atoms with Gasteiger partial charge in [-0.15, -0.1) is 6.58 Å². The third-order valence-corrected chi connectivity index (χ3v) is 7.89. The summed E-state index contributed by atoms with van der Waals surface area (Å²) in [6, 6.07) is 20.1. The molecule has 1 aliphatic carbocycles. The summed E-state index contributed by atoms with van der Waals surface area (Å²) < 4.78 is 13.1. The molecule has 7 heteroatoms. The smallest absolute Gasteiger partial charge is 0.253 e. The third kappa shape index (κ3) is 7.23. The second-order valence-corrected chi connectivity index (χ2v) is 10.7. The lowest BCUT2D eigenvalue weighted by Gasteiger charge is -2.39. The zero-order chi connectivity index (χ0) is 27.7. The SMILES string of the molecule is C=CCN(C[C@H]1C[C@@H](c2ccc(CO)cc2)O[C@@H](c2ccc(CNC(=O)c3cccnc3)cc2)O1)C1CCCC1. The molecule has 3 atom stereocenters. The van der Waals surface area contributed by atoms with Gasteiger partial charge in [0.15, 0.2) is 6.29 Å². The topological polar surface area (TPSA) is 83.9 Å². The van der Waals surface area contributed by atoms with Crippen LogP contribution in [0.4, 0.5) is 0 Å². The molecule has 2 aromatic carbocycles. The molecule has 1 saturated carbocycles. The van der Waals surface area contributed by atoms with Gasteiger partial charge in [0.1, 0.15) is 0 Å². The number of aromatic nitrogens is 1. The number of nitrogens with zero attached hydrogens (tertiary/aromatic N) is 2. The number of nitrogens with one attached hydrogen (secondary N) is 1. The van der Waals surface area contributed by atoms with Crippen LogP contribution in [0.25, 0.3) is 0 Å². The zero-order valence-electron chi connectivity index (χ0n) is 23.0. The van der Waals surface area contributed by atoms with Gasteiger partial charge < -0.3 is 19.9 Å². The Kier molecular flexibility index (Phi) is 9.73. The van der Waals surface area contributed by atoms with Crippen LogP contribution in [0.2, 0.25) is 0 Å². The summed E-state index contributed by atoms with van der Waals surface area (Å²) in [5.41, 5.74) is 4.44. The molecule has 0 unspecified atom stereocenters. The Morgan fingerprint density at radius 2 is 1.75 bits per heavy atom. The summed E-state index contributed by atoms with van der Waals surface area (Å²) in [6.07, 6.45) is 10.4. The average Bonchev–Trinajstić information content (AvgIpc) is 3.55. The van der Waals surface area contributed by atoms with Gasteiger partial charge in [-0.05, 0) is 41.7 Å². The minimum Gasteiger partial charge on any atom is -0.392 e. The van der Waals surface area contributed by atoms with Crippen LogP contribution in [0.15, 0.2) is 85.7 Å². The number of carbonyl (C=O) groups excluding carboxylic acids is 1. The molecular weight excluding hydrogens is 502 g/mol. The molecule has 1 amide bonds. The summed E-state index contributed by atoms with van der Waals surface area (Å²) in [6.45, 7) is 6.13. The number of benzene rings is 2. The van der Waals surface area contributed by atoms with Crippen LogP contribution >= 0.6 is 0 Å². The van der Waals surface area contributed by atoms with Gasteiger partial charge in [0.05, 0.1) is 24.4 Å². The van der Waals surface area contributed by atoms with Crippen molar-refractivity contribution in [2.75, 3.05) is 13.1 Å². The number of hydrogen-bond acceptors (Lipinski definition) is 6. The van der Waals surface area contributed by atoms with E-state index in [2.05, 4.69) is 21.8 Å². The fraction of sp³-hybridized carbons (Fsp3) is 0.394. The number of hydrogen-bond donors (Lipinski definition) is 2. The van der Waals surface area contributed by atoms with Gasteiger partial charge in [0, 0.05) is 50.1 Å². The van der Waals surface area contributed by atoms with Crippen molar-refractivity contribution in [2.24, 2.45) is 0 Å². The van der Waals surface area contributed by atoms with Crippen molar-refractivity contribution in [3.8, 4) is 0 Å². The zero-order valence-corrected chi connectivity index (χ0v) is 23.0. The van der Waals surface area contributed by atoms with Crippen molar-refractivity contribution in [3.63, 3.8) is 0 Å². The Hall–Kier alpha value is -3.36. The van der Waals surface area contributed by atoms with Gasteiger partial charge in [0.25, 0.3) is 5.91 Å². The van der Waals surface area contributed by atoms with Crippen molar-refractivity contribution < 1.29 is 19.4 Å². The van der Waals surface area contributed by atoms with Crippen molar-refractivity contribution >= 4 is 5.91 Å². The van der Waals surface area contributed by atoms with Gasteiger partial charge in [-0.1, -0.05) is 67.4 Å². The van der Waals surface area contributed by atoms with E-state index in [0.29, 0.717) is 18.2 Å². The van der Waals surface area contributed by atoms with E-state index >= 15 is 0 Å². The van der Waals surface area contributed by atoms with Crippen molar-refractivity contribution in [1.82, 2.24) is 15.2 Å². The molecule has 3 aromatic rings. The summed E-state index contributed by atoms with van der Waals surface area (Å²) in [5, 5.41) is 12.4. The molecule has 210 valence electrons. The van der Waals surface area contributed by atoms with E-state index < -0.39 is 6.29 Å². The van der Waals surface area contributed by atoms with E-state index in [9.17, 15) is 9.90 Å². The molecule has 1 aliphatic heterocycles. The molecule has 2 fully saturated rings. The first-order valence-electron chi connectivity index (χ1n) is 14.3. The highest BCUT2D eigenvalue weighted by Crippen LogP contribution is 2.38. The molecule has 7 nitrogen and oxygen atoms in total. The Morgan fingerprint density at radius 1 is 1.02 bits per heavy atom. The van der Waals surface area contributed by atoms with E-state index in [0.717, 1.165) is 41.8 Å². The highest BCUT2D eigenvalue weighted by atomic mass is 16.7. The molecular formula is C33H39N3O4. The molecule has 2 heterocycles. The van der Waals surface area contributed by atoms with E-state index in [-0.39, 0.29) is 24.7 Å². The van der Waals surface area contributed by atoms with E-state index in [1.807, 2.05) is 54.6 Å². The molecule has 1 aromatic heterocycles. The number of amides is 1.